The van der Waals surface area contributed by atoms with E-state index in [0.29, 0.717) is 12.6 Å². The number of anilines is 2. The number of ether oxygens (including phenoxy) is 1. The number of aromatic nitrogens is 4. The van der Waals surface area contributed by atoms with E-state index < -0.39 is 0 Å². The van der Waals surface area contributed by atoms with Crippen molar-refractivity contribution in [1.82, 2.24) is 24.4 Å². The highest BCUT2D eigenvalue weighted by Crippen LogP contribution is 2.26. The molecule has 5 rings (SSSR count). The fraction of sp³-hybridized carbons (Fsp3) is 0.346. The second kappa shape index (κ2) is 9.29. The fourth-order valence-corrected chi connectivity index (χ4v) is 4.44. The lowest BCUT2D eigenvalue weighted by Crippen LogP contribution is -2.38. The van der Waals surface area contributed by atoms with Gasteiger partial charge in [0.25, 0.3) is 0 Å². The van der Waals surface area contributed by atoms with Gasteiger partial charge >= 0.3 is 0 Å². The summed E-state index contributed by atoms with van der Waals surface area (Å²) in [5.41, 5.74) is 5.08. The van der Waals surface area contributed by atoms with Crippen LogP contribution in [0.2, 0.25) is 0 Å². The van der Waals surface area contributed by atoms with Gasteiger partial charge in [-0.15, -0.1) is 0 Å². The number of fused-ring (bicyclic) bond motifs is 1. The maximum absolute atomic E-state index is 6.08. The lowest BCUT2D eigenvalue weighted by molar-refractivity contribution is -0.0360. The van der Waals surface area contributed by atoms with Gasteiger partial charge in [0.1, 0.15) is 17.7 Å². The molecule has 0 saturated carbocycles. The van der Waals surface area contributed by atoms with Crippen LogP contribution >= 0.6 is 0 Å². The number of aryl methyl sites for hydroxylation is 1. The van der Waals surface area contributed by atoms with Gasteiger partial charge in [-0.2, -0.15) is 0 Å². The molecule has 1 fully saturated rings. The second-order valence-corrected chi connectivity index (χ2v) is 8.84. The summed E-state index contributed by atoms with van der Waals surface area (Å²) in [4.78, 5) is 16.5. The highest BCUT2D eigenvalue weighted by Gasteiger charge is 2.25. The minimum atomic E-state index is -0.0539. The summed E-state index contributed by atoms with van der Waals surface area (Å²) < 4.78 is 8.42. The van der Waals surface area contributed by atoms with Crippen LogP contribution in [0.25, 0.3) is 11.0 Å². The number of para-hydroxylation sites is 2. The quantitative estimate of drug-likeness (QED) is 0.452. The molecule has 0 unspecified atom stereocenters. The summed E-state index contributed by atoms with van der Waals surface area (Å²) >= 11 is 0. The van der Waals surface area contributed by atoms with Crippen LogP contribution in [0.4, 0.5) is 11.5 Å². The molecule has 3 aromatic heterocycles. The number of hydrogen-bond donors (Lipinski definition) is 1. The van der Waals surface area contributed by atoms with Crippen molar-refractivity contribution in [2.24, 2.45) is 0 Å². The Kier molecular flexibility index (Phi) is 6.07. The van der Waals surface area contributed by atoms with E-state index in [0.717, 1.165) is 53.9 Å². The monoisotopic (exact) mass is 442 g/mol. The number of benzene rings is 1. The van der Waals surface area contributed by atoms with E-state index in [2.05, 4.69) is 56.8 Å². The standard InChI is InChI=1S/C26H30N6O/c1-18(2)32-23-9-5-4-8-21(23)30-26(32)17-31-13-14-33-24(16-31)22-12-11-20(15-27-22)29-25-10-6-7-19(3)28-25/h4-12,15,18,24H,13-14,16-17H2,1-3H3,(H,28,29)/t24-/m1/s1. The summed E-state index contributed by atoms with van der Waals surface area (Å²) in [5.74, 6) is 1.92. The van der Waals surface area contributed by atoms with Crippen LogP contribution in [-0.4, -0.2) is 44.1 Å². The largest absolute Gasteiger partial charge is 0.369 e. The van der Waals surface area contributed by atoms with Crippen LogP contribution in [-0.2, 0) is 11.3 Å². The predicted octanol–water partition coefficient (Wildman–Crippen LogP) is 5.03. The van der Waals surface area contributed by atoms with Gasteiger partial charge in [0.2, 0.25) is 0 Å². The lowest BCUT2D eigenvalue weighted by atomic mass is 10.2. The smallest absolute Gasteiger partial charge is 0.130 e. The van der Waals surface area contributed by atoms with E-state index in [1.807, 2.05) is 49.5 Å². The van der Waals surface area contributed by atoms with Crippen molar-refractivity contribution in [3.05, 3.63) is 78.0 Å². The average molecular weight is 443 g/mol. The molecule has 7 nitrogen and oxygen atoms in total. The van der Waals surface area contributed by atoms with Crippen LogP contribution in [0, 0.1) is 6.92 Å². The highest BCUT2D eigenvalue weighted by atomic mass is 16.5. The van der Waals surface area contributed by atoms with E-state index in [1.54, 1.807) is 0 Å². The minimum absolute atomic E-state index is 0.0539. The fourth-order valence-electron chi connectivity index (χ4n) is 4.44. The van der Waals surface area contributed by atoms with Crippen LogP contribution < -0.4 is 5.32 Å². The highest BCUT2D eigenvalue weighted by molar-refractivity contribution is 5.76. The average Bonchev–Trinajstić information content (AvgIpc) is 3.18. The van der Waals surface area contributed by atoms with E-state index in [4.69, 9.17) is 9.72 Å². The molecule has 7 heteroatoms. The number of imidazole rings is 1. The van der Waals surface area contributed by atoms with Crippen molar-refractivity contribution in [1.29, 1.82) is 0 Å². The first-order valence-electron chi connectivity index (χ1n) is 11.5. The van der Waals surface area contributed by atoms with Gasteiger partial charge in [0, 0.05) is 24.8 Å². The van der Waals surface area contributed by atoms with Gasteiger partial charge < -0.3 is 14.6 Å². The van der Waals surface area contributed by atoms with E-state index in [-0.39, 0.29) is 6.10 Å². The zero-order valence-corrected chi connectivity index (χ0v) is 19.4. The topological polar surface area (TPSA) is 68.1 Å². The first-order chi connectivity index (χ1) is 16.1. The number of hydrogen-bond acceptors (Lipinski definition) is 6. The summed E-state index contributed by atoms with van der Waals surface area (Å²) in [7, 11) is 0. The molecule has 0 bridgehead atoms. The summed E-state index contributed by atoms with van der Waals surface area (Å²) in [5, 5.41) is 3.31. The summed E-state index contributed by atoms with van der Waals surface area (Å²) in [6.45, 7) is 9.57. The van der Waals surface area contributed by atoms with E-state index in [9.17, 15) is 0 Å². The van der Waals surface area contributed by atoms with Crippen molar-refractivity contribution >= 4 is 22.5 Å². The number of nitrogens with one attached hydrogen (secondary N) is 1. The van der Waals surface area contributed by atoms with Gasteiger partial charge in [0.15, 0.2) is 0 Å². The van der Waals surface area contributed by atoms with Crippen LogP contribution in [0.5, 0.6) is 0 Å². The molecule has 1 aliphatic heterocycles. The van der Waals surface area contributed by atoms with Crippen LogP contribution in [0.15, 0.2) is 60.8 Å². The molecule has 1 atom stereocenters. The van der Waals surface area contributed by atoms with E-state index in [1.165, 1.54) is 5.52 Å². The van der Waals surface area contributed by atoms with Gasteiger partial charge in [-0.05, 0) is 57.2 Å². The SMILES string of the molecule is Cc1cccc(Nc2ccc([C@H]3CN(Cc4nc5ccccc5n4C(C)C)CCO3)nc2)n1. The van der Waals surface area contributed by atoms with Crippen molar-refractivity contribution in [2.45, 2.75) is 39.5 Å². The first kappa shape index (κ1) is 21.6. The van der Waals surface area contributed by atoms with Gasteiger partial charge in [0.05, 0.1) is 41.8 Å². The van der Waals surface area contributed by atoms with E-state index >= 15 is 0 Å². The molecular weight excluding hydrogens is 412 g/mol. The lowest BCUT2D eigenvalue weighted by Gasteiger charge is -2.32. The molecule has 170 valence electrons. The van der Waals surface area contributed by atoms with Gasteiger partial charge in [-0.3, -0.25) is 9.88 Å². The number of morpholine rings is 1. The van der Waals surface area contributed by atoms with Gasteiger partial charge in [-0.25, -0.2) is 9.97 Å². The molecule has 1 aromatic carbocycles. The van der Waals surface area contributed by atoms with Crippen molar-refractivity contribution in [3.8, 4) is 0 Å². The summed E-state index contributed by atoms with van der Waals surface area (Å²) in [6.07, 6.45) is 1.79. The minimum Gasteiger partial charge on any atom is -0.369 e. The maximum Gasteiger partial charge on any atom is 0.130 e. The molecule has 0 radical (unpaired) electrons. The molecule has 1 N–H and O–H groups in total. The molecule has 0 aliphatic carbocycles. The molecule has 4 heterocycles. The second-order valence-electron chi connectivity index (χ2n) is 8.84. The molecule has 33 heavy (non-hydrogen) atoms. The van der Waals surface area contributed by atoms with Crippen LogP contribution in [0.3, 0.4) is 0 Å². The Hall–Kier alpha value is -3.29. The molecular formula is C26H30N6O. The third-order valence-corrected chi connectivity index (χ3v) is 5.98. The molecule has 0 amide bonds. The Bertz CT molecular complexity index is 1230. The number of nitrogens with zero attached hydrogens (tertiary/aromatic N) is 5. The maximum atomic E-state index is 6.08. The van der Waals surface area contributed by atoms with Crippen molar-refractivity contribution in [3.63, 3.8) is 0 Å². The Labute approximate surface area is 194 Å². The number of rotatable bonds is 6. The Morgan fingerprint density at radius 3 is 2.73 bits per heavy atom. The van der Waals surface area contributed by atoms with Crippen molar-refractivity contribution < 1.29 is 4.74 Å². The van der Waals surface area contributed by atoms with Crippen molar-refractivity contribution in [2.75, 3.05) is 25.0 Å². The molecule has 0 spiro atoms. The Balaban J connectivity index is 1.28. The number of pyridine rings is 2. The first-order valence-corrected chi connectivity index (χ1v) is 11.5. The Morgan fingerprint density at radius 2 is 1.94 bits per heavy atom. The summed E-state index contributed by atoms with van der Waals surface area (Å²) in [6, 6.07) is 18.7. The molecule has 1 aliphatic rings. The van der Waals surface area contributed by atoms with Gasteiger partial charge in [-0.1, -0.05) is 18.2 Å². The van der Waals surface area contributed by atoms with Crippen LogP contribution in [0.1, 0.15) is 43.2 Å². The normalized spacial score (nSPS) is 17.0. The third-order valence-electron chi connectivity index (χ3n) is 5.98. The predicted molar refractivity (Wildman–Crippen MR) is 131 cm³/mol. The Morgan fingerprint density at radius 1 is 1.06 bits per heavy atom. The molecule has 4 aromatic rings. The zero-order valence-electron chi connectivity index (χ0n) is 19.4. The zero-order chi connectivity index (χ0) is 22.8. The molecule has 1 saturated heterocycles. The third kappa shape index (κ3) is 4.74.